The van der Waals surface area contributed by atoms with Gasteiger partial charge in [-0.25, -0.2) is 0 Å². The molecule has 3 aromatic carbocycles. The zero-order chi connectivity index (χ0) is 18.6. The Bertz CT molecular complexity index is 1050. The van der Waals surface area contributed by atoms with Crippen LogP contribution in [0.25, 0.3) is 10.9 Å². The number of nitrogens with one attached hydrogen (secondary N) is 1. The van der Waals surface area contributed by atoms with E-state index in [1.165, 1.54) is 22.0 Å². The number of rotatable bonds is 6. The van der Waals surface area contributed by atoms with Gasteiger partial charge in [-0.3, -0.25) is 0 Å². The summed E-state index contributed by atoms with van der Waals surface area (Å²) in [5.41, 5.74) is 4.84. The summed E-state index contributed by atoms with van der Waals surface area (Å²) >= 11 is 12.4. The molecule has 0 radical (unpaired) electrons. The van der Waals surface area contributed by atoms with Crippen molar-refractivity contribution < 1.29 is 0 Å². The minimum atomic E-state index is 0.659. The van der Waals surface area contributed by atoms with E-state index in [9.17, 15) is 0 Å². The summed E-state index contributed by atoms with van der Waals surface area (Å²) in [6.45, 7) is 2.38. The van der Waals surface area contributed by atoms with Crippen molar-refractivity contribution in [2.75, 3.05) is 0 Å². The number of nitrogens with zero attached hydrogens (tertiary/aromatic N) is 1. The predicted molar refractivity (Wildman–Crippen MR) is 114 cm³/mol. The molecule has 1 aromatic heterocycles. The minimum absolute atomic E-state index is 0.659. The maximum atomic E-state index is 6.38. The molecule has 0 fully saturated rings. The third-order valence-corrected chi connectivity index (χ3v) is 5.30. The molecule has 136 valence electrons. The van der Waals surface area contributed by atoms with Crippen LogP contribution in [0, 0.1) is 0 Å². The van der Waals surface area contributed by atoms with Crippen LogP contribution in [0.15, 0.2) is 79.0 Å². The molecule has 4 aromatic rings. The van der Waals surface area contributed by atoms with Crippen molar-refractivity contribution in [3.8, 4) is 0 Å². The lowest BCUT2D eigenvalue weighted by Gasteiger charge is -2.08. The fraction of sp³-hybridized carbons (Fsp3) is 0.130. The van der Waals surface area contributed by atoms with E-state index in [1.807, 2.05) is 18.2 Å². The van der Waals surface area contributed by atoms with Crippen molar-refractivity contribution >= 4 is 34.1 Å². The summed E-state index contributed by atoms with van der Waals surface area (Å²) in [7, 11) is 0. The lowest BCUT2D eigenvalue weighted by molar-refractivity contribution is 0.692. The maximum absolute atomic E-state index is 6.38. The average Bonchev–Trinajstić information content (AvgIpc) is 3.03. The second-order valence-corrected chi connectivity index (χ2v) is 7.47. The first-order chi connectivity index (χ1) is 13.2. The molecule has 0 atom stereocenters. The van der Waals surface area contributed by atoms with E-state index in [1.54, 1.807) is 6.07 Å². The van der Waals surface area contributed by atoms with Crippen molar-refractivity contribution in [3.05, 3.63) is 106 Å². The monoisotopic (exact) mass is 394 g/mol. The van der Waals surface area contributed by atoms with Gasteiger partial charge >= 0.3 is 0 Å². The first kappa shape index (κ1) is 18.1. The predicted octanol–water partition coefficient (Wildman–Crippen LogP) is 6.29. The Labute approximate surface area is 169 Å². The molecule has 0 unspecified atom stereocenters. The first-order valence-corrected chi connectivity index (χ1v) is 9.71. The molecule has 1 heterocycles. The van der Waals surface area contributed by atoms with Crippen LogP contribution in [0.2, 0.25) is 10.0 Å². The van der Waals surface area contributed by atoms with Gasteiger partial charge in [-0.15, -0.1) is 0 Å². The van der Waals surface area contributed by atoms with Crippen LogP contribution >= 0.6 is 23.2 Å². The molecular weight excluding hydrogens is 375 g/mol. The molecule has 4 rings (SSSR count). The Morgan fingerprint density at radius 3 is 2.37 bits per heavy atom. The van der Waals surface area contributed by atoms with E-state index in [-0.39, 0.29) is 0 Å². The lowest BCUT2D eigenvalue weighted by atomic mass is 10.1. The minimum Gasteiger partial charge on any atom is -0.343 e. The highest BCUT2D eigenvalue weighted by Crippen LogP contribution is 2.26. The van der Waals surface area contributed by atoms with Gasteiger partial charge in [0, 0.05) is 46.8 Å². The van der Waals surface area contributed by atoms with E-state index < -0.39 is 0 Å². The Kier molecular flexibility index (Phi) is 5.49. The van der Waals surface area contributed by atoms with Gasteiger partial charge in [0.25, 0.3) is 0 Å². The molecule has 0 aliphatic carbocycles. The van der Waals surface area contributed by atoms with Gasteiger partial charge in [0.2, 0.25) is 0 Å². The highest BCUT2D eigenvalue weighted by atomic mass is 35.5. The second kappa shape index (κ2) is 8.18. The third-order valence-electron chi connectivity index (χ3n) is 4.71. The number of para-hydroxylation sites is 1. The van der Waals surface area contributed by atoms with Crippen molar-refractivity contribution in [2.45, 2.75) is 19.6 Å². The summed E-state index contributed by atoms with van der Waals surface area (Å²) < 4.78 is 2.25. The fourth-order valence-electron chi connectivity index (χ4n) is 3.37. The van der Waals surface area contributed by atoms with Crippen LogP contribution in [0.1, 0.15) is 16.7 Å². The number of aromatic nitrogens is 1. The van der Waals surface area contributed by atoms with Crippen LogP contribution in [-0.2, 0) is 19.6 Å². The zero-order valence-electron chi connectivity index (χ0n) is 14.8. The quantitative estimate of drug-likeness (QED) is 0.406. The van der Waals surface area contributed by atoms with Crippen LogP contribution in [0.3, 0.4) is 0 Å². The highest BCUT2D eigenvalue weighted by molar-refractivity contribution is 6.35. The molecule has 0 saturated carbocycles. The number of hydrogen-bond acceptors (Lipinski definition) is 1. The third kappa shape index (κ3) is 4.19. The van der Waals surface area contributed by atoms with Gasteiger partial charge in [-0.05, 0) is 34.9 Å². The standard InChI is InChI=1S/C23H20Cl2N2/c24-20-11-10-18(22(25)12-20)15-27-16-19(21-8-4-5-9-23(21)27)14-26-13-17-6-2-1-3-7-17/h1-12,16,26H,13-15H2. The maximum Gasteiger partial charge on any atom is 0.0491 e. The SMILES string of the molecule is Clc1ccc(Cn2cc(CNCc3ccccc3)c3ccccc32)c(Cl)c1. The summed E-state index contributed by atoms with van der Waals surface area (Å²) in [6, 6.07) is 24.6. The van der Waals surface area contributed by atoms with Gasteiger partial charge in [0.15, 0.2) is 0 Å². The average molecular weight is 395 g/mol. The van der Waals surface area contributed by atoms with Gasteiger partial charge < -0.3 is 9.88 Å². The highest BCUT2D eigenvalue weighted by Gasteiger charge is 2.10. The molecule has 27 heavy (non-hydrogen) atoms. The first-order valence-electron chi connectivity index (χ1n) is 8.96. The van der Waals surface area contributed by atoms with E-state index in [0.29, 0.717) is 10.0 Å². The topological polar surface area (TPSA) is 17.0 Å². The van der Waals surface area contributed by atoms with E-state index in [4.69, 9.17) is 23.2 Å². The summed E-state index contributed by atoms with van der Waals surface area (Å²) in [5.74, 6) is 0. The van der Waals surface area contributed by atoms with E-state index in [2.05, 4.69) is 64.6 Å². The summed E-state index contributed by atoms with van der Waals surface area (Å²) in [5, 5.41) is 6.17. The van der Waals surface area contributed by atoms with Gasteiger partial charge in [-0.1, -0.05) is 77.8 Å². The number of fused-ring (bicyclic) bond motifs is 1. The summed E-state index contributed by atoms with van der Waals surface area (Å²) in [6.07, 6.45) is 2.22. The van der Waals surface area contributed by atoms with Crippen LogP contribution < -0.4 is 5.32 Å². The molecule has 1 N–H and O–H groups in total. The van der Waals surface area contributed by atoms with Crippen molar-refractivity contribution in [2.24, 2.45) is 0 Å². The van der Waals surface area contributed by atoms with Crippen LogP contribution in [-0.4, -0.2) is 4.57 Å². The molecule has 0 amide bonds. The van der Waals surface area contributed by atoms with Crippen LogP contribution in [0.4, 0.5) is 0 Å². The van der Waals surface area contributed by atoms with Crippen LogP contribution in [0.5, 0.6) is 0 Å². The van der Waals surface area contributed by atoms with Crippen molar-refractivity contribution in [1.82, 2.24) is 9.88 Å². The summed E-state index contributed by atoms with van der Waals surface area (Å²) in [4.78, 5) is 0. The normalized spacial score (nSPS) is 11.2. The molecular formula is C23H20Cl2N2. The molecule has 4 heteroatoms. The largest absolute Gasteiger partial charge is 0.343 e. The van der Waals surface area contributed by atoms with Crippen molar-refractivity contribution in [1.29, 1.82) is 0 Å². The molecule has 2 nitrogen and oxygen atoms in total. The molecule has 0 aliphatic rings. The number of hydrogen-bond donors (Lipinski definition) is 1. The van der Waals surface area contributed by atoms with Gasteiger partial charge in [0.05, 0.1) is 0 Å². The van der Waals surface area contributed by atoms with E-state index >= 15 is 0 Å². The Hall–Kier alpha value is -2.26. The number of halogens is 2. The van der Waals surface area contributed by atoms with Gasteiger partial charge in [0.1, 0.15) is 0 Å². The Balaban J connectivity index is 1.57. The number of benzene rings is 3. The molecule has 0 bridgehead atoms. The van der Waals surface area contributed by atoms with E-state index in [0.717, 1.165) is 25.2 Å². The Morgan fingerprint density at radius 1 is 0.778 bits per heavy atom. The smallest absolute Gasteiger partial charge is 0.0491 e. The molecule has 0 saturated heterocycles. The molecule has 0 aliphatic heterocycles. The zero-order valence-corrected chi connectivity index (χ0v) is 16.3. The second-order valence-electron chi connectivity index (χ2n) is 6.62. The van der Waals surface area contributed by atoms with Gasteiger partial charge in [-0.2, -0.15) is 0 Å². The van der Waals surface area contributed by atoms with Crippen molar-refractivity contribution in [3.63, 3.8) is 0 Å². The lowest BCUT2D eigenvalue weighted by Crippen LogP contribution is -2.12. The Morgan fingerprint density at radius 2 is 1.56 bits per heavy atom. The fourth-order valence-corrected chi connectivity index (χ4v) is 3.83. The molecule has 0 spiro atoms.